The Labute approximate surface area is 215 Å². The van der Waals surface area contributed by atoms with Crippen molar-refractivity contribution in [2.24, 2.45) is 5.73 Å². The third-order valence-electron chi connectivity index (χ3n) is 8.95. The number of aromatic amines is 1. The van der Waals surface area contributed by atoms with E-state index >= 15 is 0 Å². The molecule has 9 nitrogen and oxygen atoms in total. The average Bonchev–Trinajstić information content (AvgIpc) is 3.57. The summed E-state index contributed by atoms with van der Waals surface area (Å²) in [5, 5.41) is 7.83. The Kier molecular flexibility index (Phi) is 4.56. The molecule has 1 unspecified atom stereocenters. The standard InChI is InChI=1S/C28H30N8O/c29-25-19-5-1-2-8-22(19)37-28(25)12-11-17-9-10-18(15-28)36(17)23-16-31-24-26(32-23)33-34-27(24)35-14-4-6-20-21(35)7-3-13-30-20/h1-3,5,7-8,13,16-18,25H,4,6,9-12,14-15,29H2,(H,32,33,34)/t17-,18?,25+,28-/m0/s1. The van der Waals surface area contributed by atoms with Crippen LogP contribution in [0.25, 0.3) is 11.2 Å². The first kappa shape index (κ1) is 21.4. The van der Waals surface area contributed by atoms with Crippen LogP contribution in [0.5, 0.6) is 5.75 Å². The van der Waals surface area contributed by atoms with E-state index in [1.807, 2.05) is 24.5 Å². The molecule has 7 heterocycles. The molecule has 0 aliphatic carbocycles. The van der Waals surface area contributed by atoms with E-state index < -0.39 is 0 Å². The van der Waals surface area contributed by atoms with Gasteiger partial charge in [0.1, 0.15) is 17.2 Å². The van der Waals surface area contributed by atoms with E-state index in [1.165, 1.54) is 0 Å². The molecule has 0 saturated carbocycles. The highest BCUT2D eigenvalue weighted by Gasteiger charge is 2.53. The van der Waals surface area contributed by atoms with Crippen LogP contribution in [-0.4, -0.2) is 49.4 Å². The molecule has 4 aromatic rings. The monoisotopic (exact) mass is 494 g/mol. The molecule has 2 saturated heterocycles. The predicted octanol–water partition coefficient (Wildman–Crippen LogP) is 4.18. The summed E-state index contributed by atoms with van der Waals surface area (Å²) in [7, 11) is 0. The Morgan fingerprint density at radius 1 is 1.05 bits per heavy atom. The number of anilines is 3. The number of rotatable bonds is 2. The number of benzene rings is 1. The molecule has 0 radical (unpaired) electrons. The summed E-state index contributed by atoms with van der Waals surface area (Å²) >= 11 is 0. The number of aromatic nitrogens is 5. The molecular formula is C28H30N8O. The number of pyridine rings is 1. The summed E-state index contributed by atoms with van der Waals surface area (Å²) in [6.07, 6.45) is 11.0. The minimum absolute atomic E-state index is 0.101. The van der Waals surface area contributed by atoms with Gasteiger partial charge in [-0.25, -0.2) is 9.97 Å². The van der Waals surface area contributed by atoms with Crippen LogP contribution in [-0.2, 0) is 6.42 Å². The largest absolute Gasteiger partial charge is 0.485 e. The maximum absolute atomic E-state index is 6.83. The topological polar surface area (TPSA) is 109 Å². The number of fused-ring (bicyclic) bond motifs is 5. The predicted molar refractivity (Wildman–Crippen MR) is 141 cm³/mol. The van der Waals surface area contributed by atoms with Crippen LogP contribution in [0.4, 0.5) is 17.3 Å². The summed E-state index contributed by atoms with van der Waals surface area (Å²) in [5.74, 6) is 2.68. The number of nitrogens with two attached hydrogens (primary N) is 1. The van der Waals surface area contributed by atoms with Gasteiger partial charge in [0, 0.05) is 36.8 Å². The first-order chi connectivity index (χ1) is 18.2. The van der Waals surface area contributed by atoms with Crippen molar-refractivity contribution in [1.82, 2.24) is 25.1 Å². The molecule has 2 fully saturated rings. The lowest BCUT2D eigenvalue weighted by atomic mass is 9.80. The second-order valence-corrected chi connectivity index (χ2v) is 10.9. The van der Waals surface area contributed by atoms with Crippen LogP contribution in [0, 0.1) is 0 Å². The van der Waals surface area contributed by atoms with Gasteiger partial charge in [-0.15, -0.1) is 0 Å². The number of aryl methyl sites for hydroxylation is 1. The zero-order valence-electron chi connectivity index (χ0n) is 20.7. The van der Waals surface area contributed by atoms with Gasteiger partial charge in [-0.2, -0.15) is 5.10 Å². The second-order valence-electron chi connectivity index (χ2n) is 10.9. The lowest BCUT2D eigenvalue weighted by Gasteiger charge is -2.35. The molecule has 188 valence electrons. The van der Waals surface area contributed by atoms with Gasteiger partial charge < -0.3 is 20.3 Å². The van der Waals surface area contributed by atoms with Crippen molar-refractivity contribution in [3.63, 3.8) is 0 Å². The molecular weight excluding hydrogens is 464 g/mol. The van der Waals surface area contributed by atoms with Gasteiger partial charge in [-0.05, 0) is 56.7 Å². The number of hydrogen-bond acceptors (Lipinski definition) is 8. The van der Waals surface area contributed by atoms with Crippen molar-refractivity contribution in [2.45, 2.75) is 68.7 Å². The van der Waals surface area contributed by atoms with E-state index in [4.69, 9.17) is 20.4 Å². The Bertz CT molecular complexity index is 1500. The Balaban J connectivity index is 1.12. The molecule has 3 aromatic heterocycles. The molecule has 8 rings (SSSR count). The van der Waals surface area contributed by atoms with Gasteiger partial charge in [0.05, 0.1) is 23.6 Å². The van der Waals surface area contributed by atoms with Crippen LogP contribution < -0.4 is 20.3 Å². The highest BCUT2D eigenvalue weighted by atomic mass is 16.5. The van der Waals surface area contributed by atoms with Crippen LogP contribution in [0.1, 0.15) is 55.8 Å². The number of nitrogens with zero attached hydrogens (tertiary/aromatic N) is 6. The molecule has 1 aromatic carbocycles. The van der Waals surface area contributed by atoms with E-state index in [9.17, 15) is 0 Å². The third-order valence-corrected chi connectivity index (χ3v) is 8.95. The fraction of sp³-hybridized carbons (Fsp3) is 0.429. The fourth-order valence-electron chi connectivity index (χ4n) is 7.21. The van der Waals surface area contributed by atoms with Crippen LogP contribution >= 0.6 is 0 Å². The number of hydrogen-bond donors (Lipinski definition) is 2. The summed E-state index contributed by atoms with van der Waals surface area (Å²) in [4.78, 5) is 19.2. The van der Waals surface area contributed by atoms with Crippen molar-refractivity contribution < 1.29 is 4.74 Å². The maximum Gasteiger partial charge on any atom is 0.183 e. The van der Waals surface area contributed by atoms with E-state index in [0.717, 1.165) is 97.0 Å². The van der Waals surface area contributed by atoms with Gasteiger partial charge >= 0.3 is 0 Å². The fourth-order valence-corrected chi connectivity index (χ4v) is 7.21. The van der Waals surface area contributed by atoms with Gasteiger partial charge in [-0.3, -0.25) is 10.1 Å². The molecule has 4 atom stereocenters. The van der Waals surface area contributed by atoms with Crippen LogP contribution in [0.15, 0.2) is 48.8 Å². The summed E-state index contributed by atoms with van der Waals surface area (Å²) in [6.45, 7) is 0.892. The van der Waals surface area contributed by atoms with Gasteiger partial charge in [0.25, 0.3) is 0 Å². The van der Waals surface area contributed by atoms with Gasteiger partial charge in [0.2, 0.25) is 0 Å². The molecule has 0 amide bonds. The first-order valence-electron chi connectivity index (χ1n) is 13.4. The molecule has 4 aliphatic heterocycles. The molecule has 4 aliphatic rings. The summed E-state index contributed by atoms with van der Waals surface area (Å²) < 4.78 is 6.62. The maximum atomic E-state index is 6.83. The average molecular weight is 495 g/mol. The zero-order valence-corrected chi connectivity index (χ0v) is 20.7. The third kappa shape index (κ3) is 3.13. The summed E-state index contributed by atoms with van der Waals surface area (Å²) in [6, 6.07) is 13.0. The Morgan fingerprint density at radius 2 is 1.97 bits per heavy atom. The normalized spacial score (nSPS) is 28.3. The molecule has 3 N–H and O–H groups in total. The van der Waals surface area contributed by atoms with E-state index in [1.54, 1.807) is 0 Å². The van der Waals surface area contributed by atoms with Crippen molar-refractivity contribution in [3.05, 3.63) is 60.0 Å². The van der Waals surface area contributed by atoms with Gasteiger partial charge in [0.15, 0.2) is 17.0 Å². The second kappa shape index (κ2) is 7.89. The minimum Gasteiger partial charge on any atom is -0.485 e. The summed E-state index contributed by atoms with van der Waals surface area (Å²) in [5.41, 5.74) is 11.4. The molecule has 9 heteroatoms. The van der Waals surface area contributed by atoms with Crippen molar-refractivity contribution in [3.8, 4) is 5.75 Å². The SMILES string of the molecule is N[C@@H]1c2ccccc2O[C@]12CC[C@@H]1CCC(C2)N1c1cnc2c(N3CCCc4ncccc43)n[nH]c2n1. The van der Waals surface area contributed by atoms with E-state index in [2.05, 4.69) is 49.2 Å². The lowest BCUT2D eigenvalue weighted by Crippen LogP contribution is -2.45. The molecule has 2 bridgehead atoms. The number of para-hydroxylation sites is 1. The van der Waals surface area contributed by atoms with Crippen molar-refractivity contribution in [1.29, 1.82) is 0 Å². The molecule has 37 heavy (non-hydrogen) atoms. The lowest BCUT2D eigenvalue weighted by molar-refractivity contribution is 0.0449. The molecule has 1 spiro atoms. The number of ether oxygens (including phenoxy) is 1. The van der Waals surface area contributed by atoms with Crippen LogP contribution in [0.3, 0.4) is 0 Å². The quantitative estimate of drug-likeness (QED) is 0.427. The smallest absolute Gasteiger partial charge is 0.183 e. The van der Waals surface area contributed by atoms with E-state index in [0.29, 0.717) is 12.1 Å². The first-order valence-corrected chi connectivity index (χ1v) is 13.4. The van der Waals surface area contributed by atoms with Crippen molar-refractivity contribution in [2.75, 3.05) is 16.3 Å². The van der Waals surface area contributed by atoms with Gasteiger partial charge in [-0.1, -0.05) is 18.2 Å². The van der Waals surface area contributed by atoms with Crippen molar-refractivity contribution >= 4 is 28.5 Å². The van der Waals surface area contributed by atoms with Crippen LogP contribution in [0.2, 0.25) is 0 Å². The Hall–Kier alpha value is -3.72. The minimum atomic E-state index is -0.351. The number of nitrogens with one attached hydrogen (secondary N) is 1. The zero-order chi connectivity index (χ0) is 24.6. The van der Waals surface area contributed by atoms with E-state index in [-0.39, 0.29) is 11.6 Å². The highest BCUT2D eigenvalue weighted by molar-refractivity contribution is 5.87. The number of H-pyrrole nitrogens is 1. The highest BCUT2D eigenvalue weighted by Crippen LogP contribution is 2.51. The Morgan fingerprint density at radius 3 is 2.92 bits per heavy atom.